The first-order valence-electron chi connectivity index (χ1n) is 7.41. The first kappa shape index (κ1) is 16.2. The van der Waals surface area contributed by atoms with Gasteiger partial charge < -0.3 is 10.0 Å². The molecule has 6 heteroatoms. The summed E-state index contributed by atoms with van der Waals surface area (Å²) in [6, 6.07) is 8.49. The molecule has 1 aliphatic heterocycles. The van der Waals surface area contributed by atoms with Crippen LogP contribution in [0.25, 0.3) is 0 Å². The molecule has 1 saturated heterocycles. The smallest absolute Gasteiger partial charge is 0.256 e. The monoisotopic (exact) mass is 350 g/mol. The minimum Gasteiger partial charge on any atom is -0.378 e. The van der Waals surface area contributed by atoms with Crippen LogP contribution in [0.2, 0.25) is 10.0 Å². The van der Waals surface area contributed by atoms with E-state index in [-0.39, 0.29) is 11.9 Å². The number of aliphatic hydroxyl groups is 1. The van der Waals surface area contributed by atoms with Crippen LogP contribution in [0.1, 0.15) is 36.1 Å². The van der Waals surface area contributed by atoms with Crippen molar-refractivity contribution in [3.63, 3.8) is 0 Å². The molecule has 1 aromatic carbocycles. The number of aliphatic hydroxyl groups excluding tert-OH is 1. The highest BCUT2D eigenvalue weighted by molar-refractivity contribution is 6.42. The molecule has 1 aromatic heterocycles. The molecule has 1 aliphatic rings. The summed E-state index contributed by atoms with van der Waals surface area (Å²) in [6.07, 6.45) is 3.99. The van der Waals surface area contributed by atoms with Crippen LogP contribution >= 0.6 is 23.2 Å². The summed E-state index contributed by atoms with van der Waals surface area (Å²) in [7, 11) is 0. The van der Waals surface area contributed by atoms with E-state index in [0.29, 0.717) is 22.2 Å². The average molecular weight is 351 g/mol. The average Bonchev–Trinajstić information content (AvgIpc) is 3.06. The quantitative estimate of drug-likeness (QED) is 0.916. The van der Waals surface area contributed by atoms with E-state index < -0.39 is 6.10 Å². The van der Waals surface area contributed by atoms with Gasteiger partial charge in [-0.15, -0.1) is 0 Å². The van der Waals surface area contributed by atoms with Crippen LogP contribution in [0.4, 0.5) is 0 Å². The molecule has 3 rings (SSSR count). The first-order valence-corrected chi connectivity index (χ1v) is 8.17. The summed E-state index contributed by atoms with van der Waals surface area (Å²) in [5, 5.41) is 11.1. The van der Waals surface area contributed by atoms with E-state index >= 15 is 0 Å². The van der Waals surface area contributed by atoms with Gasteiger partial charge in [-0.25, -0.2) is 0 Å². The van der Waals surface area contributed by atoms with E-state index in [4.69, 9.17) is 23.2 Å². The van der Waals surface area contributed by atoms with Crippen molar-refractivity contribution < 1.29 is 9.90 Å². The fourth-order valence-corrected chi connectivity index (χ4v) is 3.24. The topological polar surface area (TPSA) is 53.4 Å². The third-order valence-corrected chi connectivity index (χ3v) is 4.84. The minimum absolute atomic E-state index is 0.0476. The molecule has 23 heavy (non-hydrogen) atoms. The second kappa shape index (κ2) is 6.87. The van der Waals surface area contributed by atoms with Gasteiger partial charge in [0.1, 0.15) is 0 Å². The Hall–Kier alpha value is -1.62. The maximum absolute atomic E-state index is 12.7. The molecule has 0 aliphatic carbocycles. The minimum atomic E-state index is -1.25. The highest BCUT2D eigenvalue weighted by Crippen LogP contribution is 2.34. The van der Waals surface area contributed by atoms with Crippen LogP contribution in [0.3, 0.4) is 0 Å². The molecular formula is C17H16Cl2N2O2. The van der Waals surface area contributed by atoms with Crippen molar-refractivity contribution in [2.75, 3.05) is 6.54 Å². The van der Waals surface area contributed by atoms with Crippen LogP contribution in [0, 0.1) is 0 Å². The van der Waals surface area contributed by atoms with Gasteiger partial charge in [-0.2, -0.15) is 0 Å². The van der Waals surface area contributed by atoms with Crippen molar-refractivity contribution in [3.8, 4) is 0 Å². The lowest BCUT2D eigenvalue weighted by atomic mass is 10.0. The summed E-state index contributed by atoms with van der Waals surface area (Å²) >= 11 is 11.8. The molecule has 0 bridgehead atoms. The number of carbonyl (C=O) groups is 1. The predicted molar refractivity (Wildman–Crippen MR) is 89.3 cm³/mol. The number of amides is 1. The highest BCUT2D eigenvalue weighted by Gasteiger charge is 2.34. The highest BCUT2D eigenvalue weighted by atomic mass is 35.5. The number of aromatic nitrogens is 1. The third kappa shape index (κ3) is 3.34. The summed E-state index contributed by atoms with van der Waals surface area (Å²) < 4.78 is 0. The van der Waals surface area contributed by atoms with Gasteiger partial charge in [0.15, 0.2) is 6.10 Å². The number of pyridine rings is 1. The second-order valence-corrected chi connectivity index (χ2v) is 6.37. The molecule has 0 saturated carbocycles. The summed E-state index contributed by atoms with van der Waals surface area (Å²) in [4.78, 5) is 18.5. The Bertz CT molecular complexity index is 709. The number of rotatable bonds is 3. The largest absolute Gasteiger partial charge is 0.378 e. The Morgan fingerprint density at radius 1 is 1.30 bits per heavy atom. The number of carbonyl (C=O) groups excluding carboxylic acids is 1. The lowest BCUT2D eigenvalue weighted by Crippen LogP contribution is -2.34. The van der Waals surface area contributed by atoms with E-state index in [1.54, 1.807) is 29.4 Å². The number of hydrogen-bond acceptors (Lipinski definition) is 3. The molecular weight excluding hydrogens is 335 g/mol. The summed E-state index contributed by atoms with van der Waals surface area (Å²) in [5.74, 6) is -0.324. The number of benzene rings is 1. The molecule has 0 spiro atoms. The Morgan fingerprint density at radius 2 is 2.13 bits per heavy atom. The van der Waals surface area contributed by atoms with E-state index in [2.05, 4.69) is 4.98 Å². The Kier molecular flexibility index (Phi) is 4.85. The maximum Gasteiger partial charge on any atom is 0.256 e. The zero-order valence-electron chi connectivity index (χ0n) is 12.3. The van der Waals surface area contributed by atoms with Crippen LogP contribution in [-0.4, -0.2) is 27.4 Å². The van der Waals surface area contributed by atoms with Crippen molar-refractivity contribution in [2.45, 2.75) is 25.0 Å². The molecule has 0 radical (unpaired) electrons. The zero-order chi connectivity index (χ0) is 16.4. The molecule has 2 unspecified atom stereocenters. The summed E-state index contributed by atoms with van der Waals surface area (Å²) in [5.41, 5.74) is 1.43. The Balaban J connectivity index is 1.82. The molecule has 120 valence electrons. The van der Waals surface area contributed by atoms with Crippen molar-refractivity contribution in [1.82, 2.24) is 9.88 Å². The maximum atomic E-state index is 12.7. The SMILES string of the molecule is O=C(C(O)c1ccc(Cl)c(Cl)c1)N1CCCC1c1cccnc1. The fraction of sp³-hybridized carbons (Fsp3) is 0.294. The number of likely N-dealkylation sites (tertiary alicyclic amines) is 1. The van der Waals surface area contributed by atoms with Gasteiger partial charge in [-0.3, -0.25) is 9.78 Å². The molecule has 2 heterocycles. The van der Waals surface area contributed by atoms with Gasteiger partial charge >= 0.3 is 0 Å². The number of hydrogen-bond donors (Lipinski definition) is 1. The summed E-state index contributed by atoms with van der Waals surface area (Å²) in [6.45, 7) is 0.622. The van der Waals surface area contributed by atoms with Crippen LogP contribution in [-0.2, 0) is 4.79 Å². The van der Waals surface area contributed by atoms with Crippen molar-refractivity contribution in [1.29, 1.82) is 0 Å². The molecule has 1 N–H and O–H groups in total. The second-order valence-electron chi connectivity index (χ2n) is 5.55. The predicted octanol–water partition coefficient (Wildman–Crippen LogP) is 3.79. The van der Waals surface area contributed by atoms with E-state index in [1.165, 1.54) is 6.07 Å². The Labute approximate surface area is 144 Å². The molecule has 4 nitrogen and oxygen atoms in total. The third-order valence-electron chi connectivity index (χ3n) is 4.10. The lowest BCUT2D eigenvalue weighted by molar-refractivity contribution is -0.141. The van der Waals surface area contributed by atoms with E-state index in [0.717, 1.165) is 18.4 Å². The van der Waals surface area contributed by atoms with Gasteiger partial charge in [0.25, 0.3) is 5.91 Å². The number of halogens is 2. The molecule has 1 fully saturated rings. The van der Waals surface area contributed by atoms with E-state index in [9.17, 15) is 9.90 Å². The van der Waals surface area contributed by atoms with Gasteiger partial charge in [-0.05, 0) is 42.2 Å². The van der Waals surface area contributed by atoms with Gasteiger partial charge in [0, 0.05) is 18.9 Å². The first-order chi connectivity index (χ1) is 11.1. The fourth-order valence-electron chi connectivity index (χ4n) is 2.93. The van der Waals surface area contributed by atoms with Crippen molar-refractivity contribution >= 4 is 29.1 Å². The van der Waals surface area contributed by atoms with Crippen LogP contribution in [0.5, 0.6) is 0 Å². The zero-order valence-corrected chi connectivity index (χ0v) is 13.8. The van der Waals surface area contributed by atoms with Gasteiger partial charge in [0.05, 0.1) is 16.1 Å². The van der Waals surface area contributed by atoms with Gasteiger partial charge in [0.2, 0.25) is 0 Å². The number of nitrogens with zero attached hydrogens (tertiary/aromatic N) is 2. The van der Waals surface area contributed by atoms with Crippen LogP contribution < -0.4 is 0 Å². The van der Waals surface area contributed by atoms with Crippen molar-refractivity contribution in [3.05, 3.63) is 63.9 Å². The van der Waals surface area contributed by atoms with Crippen LogP contribution in [0.15, 0.2) is 42.7 Å². The van der Waals surface area contributed by atoms with Crippen molar-refractivity contribution in [2.24, 2.45) is 0 Å². The van der Waals surface area contributed by atoms with Gasteiger partial charge in [-0.1, -0.05) is 35.3 Å². The molecule has 1 amide bonds. The normalized spacial score (nSPS) is 18.9. The van der Waals surface area contributed by atoms with E-state index in [1.807, 2.05) is 12.1 Å². The molecule has 2 atom stereocenters. The molecule has 2 aromatic rings. The lowest BCUT2D eigenvalue weighted by Gasteiger charge is -2.27. The Morgan fingerprint density at radius 3 is 2.83 bits per heavy atom. The standard InChI is InChI=1S/C17H16Cl2N2O2/c18-13-6-5-11(9-14(13)19)16(22)17(23)21-8-2-4-15(21)12-3-1-7-20-10-12/h1,3,5-7,9-10,15-16,22H,2,4,8H2.